The molecule has 1 rings (SSSR count). The molecular weight excluding hydrogens is 240 g/mol. The largest absolute Gasteiger partial charge is 0.504 e. The van der Waals surface area contributed by atoms with Gasteiger partial charge in [0.1, 0.15) is 0 Å². The van der Waals surface area contributed by atoms with E-state index in [-0.39, 0.29) is 27.3 Å². The minimum atomic E-state index is -0.287. The number of carbonyl (C=O) groups is 1. The minimum absolute atomic E-state index is 0.0579. The SMILES string of the molecule is COc1c(O)cc(C=O)c(Br)c1O. The van der Waals surface area contributed by atoms with E-state index < -0.39 is 0 Å². The van der Waals surface area contributed by atoms with Crippen molar-refractivity contribution in [3.05, 3.63) is 16.1 Å². The zero-order chi connectivity index (χ0) is 10.0. The second kappa shape index (κ2) is 3.66. The molecule has 0 heterocycles. The van der Waals surface area contributed by atoms with Crippen LogP contribution in [-0.4, -0.2) is 23.6 Å². The lowest BCUT2D eigenvalue weighted by Crippen LogP contribution is -1.89. The lowest BCUT2D eigenvalue weighted by Gasteiger charge is -2.08. The molecule has 0 aliphatic rings. The molecule has 1 aromatic rings. The predicted octanol–water partition coefficient (Wildman–Crippen LogP) is 1.68. The Balaban J connectivity index is 3.45. The molecule has 0 aliphatic carbocycles. The molecule has 0 aliphatic heterocycles. The zero-order valence-electron chi connectivity index (χ0n) is 6.74. The average Bonchev–Trinajstić information content (AvgIpc) is 2.12. The highest BCUT2D eigenvalue weighted by Gasteiger charge is 2.15. The first kappa shape index (κ1) is 9.85. The van der Waals surface area contributed by atoms with Gasteiger partial charge in [-0.25, -0.2) is 0 Å². The summed E-state index contributed by atoms with van der Waals surface area (Å²) in [6.45, 7) is 0. The molecular formula is C8H7BrO4. The lowest BCUT2D eigenvalue weighted by molar-refractivity contribution is 0.112. The minimum Gasteiger partial charge on any atom is -0.504 e. The first-order valence-corrected chi connectivity index (χ1v) is 4.14. The van der Waals surface area contributed by atoms with Gasteiger partial charge >= 0.3 is 0 Å². The van der Waals surface area contributed by atoms with E-state index in [1.165, 1.54) is 13.2 Å². The van der Waals surface area contributed by atoms with E-state index in [0.717, 1.165) is 0 Å². The summed E-state index contributed by atoms with van der Waals surface area (Å²) < 4.78 is 4.92. The molecule has 1 aromatic carbocycles. The van der Waals surface area contributed by atoms with Crippen LogP contribution in [0, 0.1) is 0 Å². The molecule has 0 radical (unpaired) electrons. The van der Waals surface area contributed by atoms with Gasteiger partial charge in [0.05, 0.1) is 11.6 Å². The number of methoxy groups -OCH3 is 1. The monoisotopic (exact) mass is 246 g/mol. The Morgan fingerprint density at radius 1 is 1.54 bits per heavy atom. The first-order chi connectivity index (χ1) is 6.11. The van der Waals surface area contributed by atoms with Crippen molar-refractivity contribution in [3.8, 4) is 17.2 Å². The average molecular weight is 247 g/mol. The Morgan fingerprint density at radius 2 is 2.15 bits per heavy atom. The topological polar surface area (TPSA) is 66.8 Å². The normalized spacial score (nSPS) is 9.69. The van der Waals surface area contributed by atoms with Crippen LogP contribution in [0.15, 0.2) is 10.5 Å². The third-order valence-corrected chi connectivity index (χ3v) is 2.37. The van der Waals surface area contributed by atoms with Crippen molar-refractivity contribution in [2.24, 2.45) is 0 Å². The van der Waals surface area contributed by atoms with Crippen molar-refractivity contribution < 1.29 is 19.7 Å². The van der Waals surface area contributed by atoms with Crippen molar-refractivity contribution >= 4 is 22.2 Å². The number of carbonyl (C=O) groups excluding carboxylic acids is 1. The molecule has 0 bridgehead atoms. The first-order valence-electron chi connectivity index (χ1n) is 3.35. The number of hydrogen-bond acceptors (Lipinski definition) is 4. The Bertz CT molecular complexity index is 348. The van der Waals surface area contributed by atoms with Gasteiger partial charge < -0.3 is 14.9 Å². The second-order valence-electron chi connectivity index (χ2n) is 2.30. The summed E-state index contributed by atoms with van der Waals surface area (Å²) in [5.41, 5.74) is 0.163. The molecule has 70 valence electrons. The number of hydrogen-bond donors (Lipinski definition) is 2. The number of aromatic hydroxyl groups is 2. The van der Waals surface area contributed by atoms with E-state index in [1.807, 2.05) is 0 Å². The highest BCUT2D eigenvalue weighted by molar-refractivity contribution is 9.10. The van der Waals surface area contributed by atoms with Gasteiger partial charge in [-0.3, -0.25) is 4.79 Å². The molecule has 0 atom stereocenters. The van der Waals surface area contributed by atoms with Crippen LogP contribution in [0.2, 0.25) is 0 Å². The summed E-state index contributed by atoms with van der Waals surface area (Å²) in [7, 11) is 1.31. The number of rotatable bonds is 2. The highest BCUT2D eigenvalue weighted by atomic mass is 79.9. The number of benzene rings is 1. The fourth-order valence-electron chi connectivity index (χ4n) is 0.921. The molecule has 4 nitrogen and oxygen atoms in total. The van der Waals surface area contributed by atoms with Gasteiger partial charge in [0.25, 0.3) is 0 Å². The maximum Gasteiger partial charge on any atom is 0.204 e. The molecule has 2 N–H and O–H groups in total. The second-order valence-corrected chi connectivity index (χ2v) is 3.09. The van der Waals surface area contributed by atoms with E-state index in [1.54, 1.807) is 0 Å². The molecule has 0 saturated carbocycles. The van der Waals surface area contributed by atoms with E-state index >= 15 is 0 Å². The van der Waals surface area contributed by atoms with Crippen molar-refractivity contribution in [3.63, 3.8) is 0 Å². The number of phenolic OH excluding ortho intramolecular Hbond substituents is 2. The molecule has 0 fully saturated rings. The van der Waals surface area contributed by atoms with Gasteiger partial charge in [-0.15, -0.1) is 0 Å². The summed E-state index contributed by atoms with van der Waals surface area (Å²) in [5.74, 6) is -0.618. The number of phenols is 2. The lowest BCUT2D eigenvalue weighted by atomic mass is 10.2. The quantitative estimate of drug-likeness (QED) is 0.780. The van der Waals surface area contributed by atoms with E-state index in [0.29, 0.717) is 6.29 Å². The van der Waals surface area contributed by atoms with Crippen LogP contribution in [-0.2, 0) is 0 Å². The third-order valence-electron chi connectivity index (χ3n) is 1.53. The Morgan fingerprint density at radius 3 is 2.62 bits per heavy atom. The number of halogens is 1. The highest BCUT2D eigenvalue weighted by Crippen LogP contribution is 2.42. The summed E-state index contributed by atoms with van der Waals surface area (Å²) >= 11 is 2.99. The summed E-state index contributed by atoms with van der Waals surface area (Å²) in [5, 5.41) is 18.7. The van der Waals surface area contributed by atoms with Gasteiger partial charge in [0.15, 0.2) is 17.8 Å². The van der Waals surface area contributed by atoms with Gasteiger partial charge in [0, 0.05) is 5.56 Å². The Hall–Kier alpha value is -1.23. The van der Waals surface area contributed by atoms with Crippen LogP contribution in [0.25, 0.3) is 0 Å². The summed E-state index contributed by atoms with van der Waals surface area (Å²) in [6, 6.07) is 1.20. The zero-order valence-corrected chi connectivity index (χ0v) is 8.33. The Labute approximate surface area is 82.9 Å². The van der Waals surface area contributed by atoms with Crippen LogP contribution in [0.5, 0.6) is 17.2 Å². The van der Waals surface area contributed by atoms with Crippen LogP contribution < -0.4 is 4.74 Å². The van der Waals surface area contributed by atoms with Crippen LogP contribution >= 0.6 is 15.9 Å². The van der Waals surface area contributed by atoms with E-state index in [9.17, 15) is 15.0 Å². The smallest absolute Gasteiger partial charge is 0.204 e. The van der Waals surface area contributed by atoms with E-state index in [4.69, 9.17) is 4.74 Å². The molecule has 0 saturated heterocycles. The van der Waals surface area contributed by atoms with Crippen molar-refractivity contribution in [1.82, 2.24) is 0 Å². The maximum absolute atomic E-state index is 10.4. The predicted molar refractivity (Wildman–Crippen MR) is 49.4 cm³/mol. The van der Waals surface area contributed by atoms with Crippen molar-refractivity contribution in [2.75, 3.05) is 7.11 Å². The van der Waals surface area contributed by atoms with Crippen LogP contribution in [0.4, 0.5) is 0 Å². The van der Waals surface area contributed by atoms with Gasteiger partial charge in [-0.1, -0.05) is 0 Å². The fraction of sp³-hybridized carbons (Fsp3) is 0.125. The van der Waals surface area contributed by atoms with Crippen molar-refractivity contribution in [2.45, 2.75) is 0 Å². The fourth-order valence-corrected chi connectivity index (χ4v) is 1.31. The van der Waals surface area contributed by atoms with Gasteiger partial charge in [0.2, 0.25) is 5.75 Å². The molecule has 0 spiro atoms. The molecule has 0 amide bonds. The Kier molecular flexibility index (Phi) is 2.77. The molecule has 0 unspecified atom stereocenters. The summed E-state index contributed by atoms with van der Waals surface area (Å²) in [4.78, 5) is 10.4. The van der Waals surface area contributed by atoms with Crippen molar-refractivity contribution in [1.29, 1.82) is 0 Å². The standard InChI is InChI=1S/C8H7BrO4/c1-13-8-5(11)2-4(3-10)6(9)7(8)12/h2-3,11-12H,1H3. The third kappa shape index (κ3) is 1.60. The van der Waals surface area contributed by atoms with Gasteiger partial charge in [-0.2, -0.15) is 0 Å². The number of ether oxygens (including phenoxy) is 1. The summed E-state index contributed by atoms with van der Waals surface area (Å²) in [6.07, 6.45) is 0.517. The maximum atomic E-state index is 10.4. The van der Waals surface area contributed by atoms with Crippen LogP contribution in [0.1, 0.15) is 10.4 Å². The molecule has 5 heteroatoms. The van der Waals surface area contributed by atoms with E-state index in [2.05, 4.69) is 15.9 Å². The molecule has 0 aromatic heterocycles. The number of aldehydes is 1. The van der Waals surface area contributed by atoms with Gasteiger partial charge in [-0.05, 0) is 22.0 Å². The molecule has 13 heavy (non-hydrogen) atoms. The van der Waals surface area contributed by atoms with Crippen LogP contribution in [0.3, 0.4) is 0 Å².